The first kappa shape index (κ1) is 15.9. The van der Waals surface area contributed by atoms with Gasteiger partial charge in [-0.3, -0.25) is 0 Å². The topological polar surface area (TPSA) is 38.3 Å². The monoisotopic (exact) mass is 374 g/mol. The molecular weight excluding hydrogens is 353 g/mol. The van der Waals surface area contributed by atoms with Crippen molar-refractivity contribution < 1.29 is 39.3 Å². The van der Waals surface area contributed by atoms with Gasteiger partial charge < -0.3 is 0 Å². The third-order valence-corrected chi connectivity index (χ3v) is 5.27. The molecule has 0 spiro atoms. The first-order chi connectivity index (χ1) is 8.83. The van der Waals surface area contributed by atoms with Crippen molar-refractivity contribution in [1.29, 1.82) is 0 Å². The predicted octanol–water partition coefficient (Wildman–Crippen LogP) is 2.86. The van der Waals surface area contributed by atoms with E-state index in [1.807, 2.05) is 30.3 Å². The van der Waals surface area contributed by atoms with Crippen LogP contribution in [0.25, 0.3) is 0 Å². The Bertz CT molecular complexity index is 330. The number of nitrogens with one attached hydrogen (secondary N) is 1. The van der Waals surface area contributed by atoms with Crippen molar-refractivity contribution in [2.75, 3.05) is 6.61 Å². The summed E-state index contributed by atoms with van der Waals surface area (Å²) in [7, 11) is 0. The molecule has 0 bridgehead atoms. The average Bonchev–Trinajstić information content (AvgIpc) is 2.39. The number of amides is 1. The molecular formula is C14H21LaNO2. The van der Waals surface area contributed by atoms with E-state index in [4.69, 9.17) is 1.70 Å². The van der Waals surface area contributed by atoms with Crippen LogP contribution in [0.1, 0.15) is 38.2 Å². The van der Waals surface area contributed by atoms with Crippen molar-refractivity contribution >= 4 is 5.91 Å². The zero-order valence-electron chi connectivity index (χ0n) is 11.0. The van der Waals surface area contributed by atoms with Gasteiger partial charge in [-0.15, -0.1) is 0 Å². The van der Waals surface area contributed by atoms with Gasteiger partial charge in [-0.25, -0.2) is 0 Å². The Labute approximate surface area is 128 Å². The molecule has 0 atom stereocenters. The molecule has 0 saturated heterocycles. The second kappa shape index (κ2) is 10.7. The Morgan fingerprint density at radius 1 is 1.22 bits per heavy atom. The second-order valence-electron chi connectivity index (χ2n) is 4.28. The van der Waals surface area contributed by atoms with E-state index in [9.17, 15) is 4.79 Å². The quantitative estimate of drug-likeness (QED) is 0.676. The van der Waals surface area contributed by atoms with Gasteiger partial charge >= 0.3 is 129 Å². The van der Waals surface area contributed by atoms with E-state index >= 15 is 0 Å². The van der Waals surface area contributed by atoms with E-state index < -0.39 is 32.8 Å². The number of carbonyl (C=O) groups is 1. The van der Waals surface area contributed by atoms with Crippen molar-refractivity contribution in [2.45, 2.75) is 39.0 Å². The summed E-state index contributed by atoms with van der Waals surface area (Å²) in [5.74, 6) is 0.102. The number of hydrogen-bond donors (Lipinski definition) is 1. The van der Waals surface area contributed by atoms with Gasteiger partial charge in [0.15, 0.2) is 0 Å². The van der Waals surface area contributed by atoms with Crippen LogP contribution in [0.4, 0.5) is 0 Å². The van der Waals surface area contributed by atoms with Crippen molar-refractivity contribution in [3.05, 3.63) is 35.9 Å². The van der Waals surface area contributed by atoms with Gasteiger partial charge in [-0.2, -0.15) is 0 Å². The third kappa shape index (κ3) is 8.04. The van der Waals surface area contributed by atoms with Gasteiger partial charge in [-0.1, -0.05) is 0 Å². The molecule has 0 unspecified atom stereocenters. The molecule has 18 heavy (non-hydrogen) atoms. The number of rotatable bonds is 9. The van der Waals surface area contributed by atoms with Crippen LogP contribution in [0.15, 0.2) is 30.3 Å². The summed E-state index contributed by atoms with van der Waals surface area (Å²) in [6.45, 7) is 3.02. The first-order valence-corrected chi connectivity index (χ1v) is 9.89. The fraction of sp³-hybridized carbons (Fsp3) is 0.500. The maximum atomic E-state index is 11.6. The fourth-order valence-corrected chi connectivity index (χ4v) is 3.50. The third-order valence-electron chi connectivity index (χ3n) is 2.63. The summed E-state index contributed by atoms with van der Waals surface area (Å²) in [5.41, 5.74) is 1.06. The van der Waals surface area contributed by atoms with E-state index in [1.54, 1.807) is 0 Å². The molecule has 1 aromatic rings. The minimum atomic E-state index is -1.49. The Morgan fingerprint density at radius 2 is 2.00 bits per heavy atom. The normalized spacial score (nSPS) is 9.83. The van der Waals surface area contributed by atoms with Crippen LogP contribution in [0.2, 0.25) is 0 Å². The SMILES string of the molecule is CCCCCC[O][La][NH]C(=O)Cc1ccccc1. The first-order valence-electron chi connectivity index (χ1n) is 6.59. The molecule has 1 aromatic carbocycles. The molecule has 0 fully saturated rings. The van der Waals surface area contributed by atoms with Crippen molar-refractivity contribution in [1.82, 2.24) is 2.08 Å². The van der Waals surface area contributed by atoms with Gasteiger partial charge in [0.1, 0.15) is 0 Å². The van der Waals surface area contributed by atoms with Crippen LogP contribution < -0.4 is 2.08 Å². The van der Waals surface area contributed by atoms with Crippen LogP contribution in [0.3, 0.4) is 0 Å². The predicted molar refractivity (Wildman–Crippen MR) is 68.4 cm³/mol. The molecule has 4 heteroatoms. The average molecular weight is 374 g/mol. The zero-order chi connectivity index (χ0) is 13.1. The molecule has 1 rings (SSSR count). The zero-order valence-corrected chi connectivity index (χ0v) is 14.6. The van der Waals surface area contributed by atoms with E-state index in [-0.39, 0.29) is 5.91 Å². The molecule has 0 aliphatic heterocycles. The van der Waals surface area contributed by atoms with Crippen molar-refractivity contribution in [3.8, 4) is 0 Å². The van der Waals surface area contributed by atoms with Gasteiger partial charge in [0.25, 0.3) is 0 Å². The summed E-state index contributed by atoms with van der Waals surface area (Å²) in [6.07, 6.45) is 5.35. The summed E-state index contributed by atoms with van der Waals surface area (Å²) >= 11 is -1.49. The Kier molecular flexibility index (Phi) is 9.49. The number of benzene rings is 1. The number of unbranched alkanes of at least 4 members (excludes halogenated alkanes) is 3. The van der Waals surface area contributed by atoms with Crippen LogP contribution in [-0.4, -0.2) is 12.5 Å². The van der Waals surface area contributed by atoms with Gasteiger partial charge in [0.2, 0.25) is 0 Å². The molecule has 0 aromatic heterocycles. The second-order valence-corrected chi connectivity index (χ2v) is 6.97. The molecule has 0 radical (unpaired) electrons. The Morgan fingerprint density at radius 3 is 2.72 bits per heavy atom. The van der Waals surface area contributed by atoms with E-state index in [0.717, 1.165) is 18.6 Å². The molecule has 3 nitrogen and oxygen atoms in total. The van der Waals surface area contributed by atoms with Crippen molar-refractivity contribution in [2.24, 2.45) is 0 Å². The standard InChI is InChI=1S/C8H9NO.C6H13O.La/c9-8(10)6-7-4-2-1-3-5-7;1-2-3-4-5-6-7;/h1-5H,6H2,(H2,9,10);2-6H2,1H3;/q;-1;+2/p-1. The summed E-state index contributed by atoms with van der Waals surface area (Å²) < 4.78 is 8.53. The summed E-state index contributed by atoms with van der Waals surface area (Å²) in [6, 6.07) is 9.81. The van der Waals surface area contributed by atoms with E-state index in [1.165, 1.54) is 19.3 Å². The maximum absolute atomic E-state index is 11.6. The minimum absolute atomic E-state index is 0.102. The molecule has 0 saturated carbocycles. The molecule has 0 aliphatic carbocycles. The van der Waals surface area contributed by atoms with E-state index in [2.05, 4.69) is 9.00 Å². The number of carbonyl (C=O) groups excluding carboxylic acids is 1. The van der Waals surface area contributed by atoms with Crippen molar-refractivity contribution in [3.63, 3.8) is 0 Å². The fourth-order valence-electron chi connectivity index (χ4n) is 1.61. The van der Waals surface area contributed by atoms with Crippen LogP contribution >= 0.6 is 0 Å². The summed E-state index contributed by atoms with van der Waals surface area (Å²) in [5, 5.41) is 0. The van der Waals surface area contributed by atoms with Crippen LogP contribution in [0.5, 0.6) is 0 Å². The number of hydrogen-bond acceptors (Lipinski definition) is 2. The molecule has 0 heterocycles. The molecule has 1 N–H and O–H groups in total. The van der Waals surface area contributed by atoms with Gasteiger partial charge in [0, 0.05) is 0 Å². The van der Waals surface area contributed by atoms with Gasteiger partial charge in [-0.05, 0) is 0 Å². The van der Waals surface area contributed by atoms with Gasteiger partial charge in [0.05, 0.1) is 0 Å². The Hall–Kier alpha value is -0.155. The van der Waals surface area contributed by atoms with E-state index in [0.29, 0.717) is 6.42 Å². The van der Waals surface area contributed by atoms with Crippen LogP contribution in [-0.2, 0) is 12.9 Å². The van der Waals surface area contributed by atoms with Crippen LogP contribution in [0, 0.1) is 32.8 Å². The Balaban J connectivity index is 2.00. The molecule has 0 aliphatic rings. The molecule has 1 amide bonds. The molecule has 97 valence electrons. The summed E-state index contributed by atoms with van der Waals surface area (Å²) in [4.78, 5) is 11.6.